The largest absolute Gasteiger partial charge is 0.470 e. The summed E-state index contributed by atoms with van der Waals surface area (Å²) in [5.74, 6) is 0.264. The van der Waals surface area contributed by atoms with Gasteiger partial charge < -0.3 is 14.8 Å². The van der Waals surface area contributed by atoms with Gasteiger partial charge in [0.05, 0.1) is 11.5 Å². The van der Waals surface area contributed by atoms with E-state index in [1.807, 2.05) is 6.92 Å². The molecule has 8 heteroatoms. The Morgan fingerprint density at radius 1 is 1.50 bits per heavy atom. The molecule has 0 aliphatic heterocycles. The number of methoxy groups -OCH3 is 1. The Morgan fingerprint density at radius 3 is 2.89 bits per heavy atom. The molecule has 0 amide bonds. The van der Waals surface area contributed by atoms with Crippen LogP contribution in [-0.4, -0.2) is 41.8 Å². The summed E-state index contributed by atoms with van der Waals surface area (Å²) in [6.45, 7) is 3.21. The SMILES string of the molecule is CCCNc1ncc([N+](=O)[O-])c(OCCOC)n1. The highest BCUT2D eigenvalue weighted by molar-refractivity contribution is 5.43. The van der Waals surface area contributed by atoms with Crippen LogP contribution in [0.2, 0.25) is 0 Å². The van der Waals surface area contributed by atoms with Gasteiger partial charge in [-0.15, -0.1) is 0 Å². The van der Waals surface area contributed by atoms with Crippen LogP contribution < -0.4 is 10.1 Å². The fourth-order valence-corrected chi connectivity index (χ4v) is 1.13. The first-order valence-electron chi connectivity index (χ1n) is 5.56. The molecule has 1 rings (SSSR count). The molecule has 1 aromatic heterocycles. The van der Waals surface area contributed by atoms with E-state index < -0.39 is 4.92 Å². The zero-order valence-corrected chi connectivity index (χ0v) is 10.4. The molecular weight excluding hydrogens is 240 g/mol. The number of hydrogen-bond donors (Lipinski definition) is 1. The van der Waals surface area contributed by atoms with Crippen LogP contribution in [0, 0.1) is 10.1 Å². The maximum atomic E-state index is 10.8. The Bertz CT molecular complexity index is 399. The second-order valence-electron chi connectivity index (χ2n) is 3.41. The number of nitrogens with zero attached hydrogens (tertiary/aromatic N) is 3. The fraction of sp³-hybridized carbons (Fsp3) is 0.600. The number of anilines is 1. The third-order valence-electron chi connectivity index (χ3n) is 1.99. The van der Waals surface area contributed by atoms with Crippen molar-refractivity contribution in [2.24, 2.45) is 0 Å². The fourth-order valence-electron chi connectivity index (χ4n) is 1.13. The van der Waals surface area contributed by atoms with Crippen molar-refractivity contribution in [1.29, 1.82) is 0 Å². The number of aromatic nitrogens is 2. The second-order valence-corrected chi connectivity index (χ2v) is 3.41. The molecule has 1 aromatic rings. The van der Waals surface area contributed by atoms with E-state index in [4.69, 9.17) is 9.47 Å². The minimum absolute atomic E-state index is 0.0503. The van der Waals surface area contributed by atoms with Crippen LogP contribution in [0.3, 0.4) is 0 Å². The van der Waals surface area contributed by atoms with Gasteiger partial charge in [-0.3, -0.25) is 10.1 Å². The molecule has 0 fully saturated rings. The molecule has 1 N–H and O–H groups in total. The summed E-state index contributed by atoms with van der Waals surface area (Å²) in [6, 6.07) is 0. The average Bonchev–Trinajstić information content (AvgIpc) is 2.36. The first kappa shape index (κ1) is 14.1. The van der Waals surface area contributed by atoms with Crippen molar-refractivity contribution in [1.82, 2.24) is 9.97 Å². The summed E-state index contributed by atoms with van der Waals surface area (Å²) in [5, 5.41) is 13.7. The monoisotopic (exact) mass is 256 g/mol. The molecule has 0 saturated heterocycles. The Morgan fingerprint density at radius 2 is 2.28 bits per heavy atom. The van der Waals surface area contributed by atoms with E-state index in [9.17, 15) is 10.1 Å². The summed E-state index contributed by atoms with van der Waals surface area (Å²) >= 11 is 0. The minimum atomic E-state index is -0.578. The van der Waals surface area contributed by atoms with Crippen molar-refractivity contribution >= 4 is 11.6 Å². The van der Waals surface area contributed by atoms with Crippen LogP contribution in [0.4, 0.5) is 11.6 Å². The molecule has 0 spiro atoms. The van der Waals surface area contributed by atoms with Crippen LogP contribution in [-0.2, 0) is 4.74 Å². The lowest BCUT2D eigenvalue weighted by Gasteiger charge is -2.07. The quantitative estimate of drug-likeness (QED) is 0.424. The molecule has 0 atom stereocenters. The van der Waals surface area contributed by atoms with E-state index in [-0.39, 0.29) is 18.2 Å². The zero-order valence-electron chi connectivity index (χ0n) is 10.4. The summed E-state index contributed by atoms with van der Waals surface area (Å²) in [7, 11) is 1.52. The minimum Gasteiger partial charge on any atom is -0.470 e. The van der Waals surface area contributed by atoms with Crippen molar-refractivity contribution in [3.05, 3.63) is 16.3 Å². The molecule has 0 aliphatic carbocycles. The summed E-state index contributed by atoms with van der Waals surface area (Å²) in [5.41, 5.74) is -0.256. The van der Waals surface area contributed by atoms with Crippen molar-refractivity contribution in [3.8, 4) is 5.88 Å². The van der Waals surface area contributed by atoms with E-state index in [0.29, 0.717) is 19.1 Å². The normalized spacial score (nSPS) is 10.1. The van der Waals surface area contributed by atoms with E-state index >= 15 is 0 Å². The molecule has 0 aliphatic rings. The standard InChI is InChI=1S/C10H16N4O4/c1-3-4-11-10-12-7-8(14(15)16)9(13-10)18-6-5-17-2/h7H,3-6H2,1-2H3,(H,11,12,13). The van der Waals surface area contributed by atoms with Gasteiger partial charge in [-0.25, -0.2) is 4.98 Å². The van der Waals surface area contributed by atoms with Gasteiger partial charge in [-0.2, -0.15) is 4.98 Å². The van der Waals surface area contributed by atoms with Gasteiger partial charge in [0.25, 0.3) is 5.88 Å². The molecule has 0 aromatic carbocycles. The Hall–Kier alpha value is -1.96. The summed E-state index contributed by atoms with van der Waals surface area (Å²) in [4.78, 5) is 18.0. The molecule has 1 heterocycles. The number of rotatable bonds is 8. The summed E-state index contributed by atoms with van der Waals surface area (Å²) < 4.78 is 10.0. The van der Waals surface area contributed by atoms with Crippen LogP contribution in [0.1, 0.15) is 13.3 Å². The highest BCUT2D eigenvalue weighted by Crippen LogP contribution is 2.24. The van der Waals surface area contributed by atoms with Crippen molar-refractivity contribution in [2.45, 2.75) is 13.3 Å². The lowest BCUT2D eigenvalue weighted by atomic mass is 10.5. The number of nitro groups is 1. The van der Waals surface area contributed by atoms with Crippen LogP contribution in [0.15, 0.2) is 6.20 Å². The van der Waals surface area contributed by atoms with Crippen molar-refractivity contribution in [3.63, 3.8) is 0 Å². The third kappa shape index (κ3) is 4.13. The summed E-state index contributed by atoms with van der Waals surface area (Å²) in [6.07, 6.45) is 2.04. The van der Waals surface area contributed by atoms with Crippen molar-refractivity contribution in [2.75, 3.05) is 32.2 Å². The molecule has 18 heavy (non-hydrogen) atoms. The Balaban J connectivity index is 2.82. The third-order valence-corrected chi connectivity index (χ3v) is 1.99. The van der Waals surface area contributed by atoms with Gasteiger partial charge in [-0.05, 0) is 6.42 Å². The maximum Gasteiger partial charge on any atom is 0.349 e. The molecule has 0 unspecified atom stereocenters. The van der Waals surface area contributed by atoms with E-state index in [1.165, 1.54) is 7.11 Å². The van der Waals surface area contributed by atoms with Gasteiger partial charge in [0.2, 0.25) is 5.95 Å². The molecule has 0 radical (unpaired) electrons. The van der Waals surface area contributed by atoms with Gasteiger partial charge in [0, 0.05) is 13.7 Å². The number of hydrogen-bond acceptors (Lipinski definition) is 7. The van der Waals surface area contributed by atoms with Crippen LogP contribution in [0.25, 0.3) is 0 Å². The average molecular weight is 256 g/mol. The smallest absolute Gasteiger partial charge is 0.349 e. The van der Waals surface area contributed by atoms with Crippen molar-refractivity contribution < 1.29 is 14.4 Å². The Kier molecular flexibility index (Phi) is 5.78. The predicted octanol–water partition coefficient (Wildman–Crippen LogP) is 1.23. The van der Waals surface area contributed by atoms with Crippen LogP contribution in [0.5, 0.6) is 5.88 Å². The Labute approximate surface area is 104 Å². The van der Waals surface area contributed by atoms with Gasteiger partial charge in [-0.1, -0.05) is 6.92 Å². The highest BCUT2D eigenvalue weighted by atomic mass is 16.6. The number of nitrogens with one attached hydrogen (secondary N) is 1. The lowest BCUT2D eigenvalue weighted by molar-refractivity contribution is -0.386. The maximum absolute atomic E-state index is 10.8. The zero-order chi connectivity index (χ0) is 13.4. The highest BCUT2D eigenvalue weighted by Gasteiger charge is 2.18. The van der Waals surface area contributed by atoms with Gasteiger partial charge in [0.1, 0.15) is 12.8 Å². The topological polar surface area (TPSA) is 99.4 Å². The number of ether oxygens (including phenoxy) is 2. The molecule has 0 bridgehead atoms. The van der Waals surface area contributed by atoms with Crippen LogP contribution >= 0.6 is 0 Å². The van der Waals surface area contributed by atoms with E-state index in [1.54, 1.807) is 0 Å². The first-order chi connectivity index (χ1) is 8.69. The predicted molar refractivity (Wildman–Crippen MR) is 64.8 cm³/mol. The molecule has 8 nitrogen and oxygen atoms in total. The molecule has 100 valence electrons. The first-order valence-corrected chi connectivity index (χ1v) is 5.56. The molecular formula is C10H16N4O4. The van der Waals surface area contributed by atoms with E-state index in [2.05, 4.69) is 15.3 Å². The van der Waals surface area contributed by atoms with Gasteiger partial charge >= 0.3 is 5.69 Å². The van der Waals surface area contributed by atoms with E-state index in [0.717, 1.165) is 12.6 Å². The second kappa shape index (κ2) is 7.38. The molecule has 0 saturated carbocycles. The van der Waals surface area contributed by atoms with Gasteiger partial charge in [0.15, 0.2) is 0 Å². The lowest BCUT2D eigenvalue weighted by Crippen LogP contribution is -2.10.